The van der Waals surface area contributed by atoms with E-state index in [-0.39, 0.29) is 12.3 Å². The van der Waals surface area contributed by atoms with Crippen molar-refractivity contribution in [1.82, 2.24) is 5.32 Å². The smallest absolute Gasteiger partial charge is 0.219 e. The lowest BCUT2D eigenvalue weighted by atomic mass is 9.99. The van der Waals surface area contributed by atoms with Crippen molar-refractivity contribution in [3.8, 4) is 0 Å². The van der Waals surface area contributed by atoms with Crippen LogP contribution in [0.2, 0.25) is 5.02 Å². The summed E-state index contributed by atoms with van der Waals surface area (Å²) in [5.41, 5.74) is 5.50. The highest BCUT2D eigenvalue weighted by Crippen LogP contribution is 2.17. The molecule has 1 rings (SSSR count). The van der Waals surface area contributed by atoms with Crippen molar-refractivity contribution in [3.05, 3.63) is 34.9 Å². The number of carbonyl (C=O) groups excluding carboxylic acids is 1. The molecule has 1 amide bonds. The molecular weight excluding hydrogens is 252 g/mol. The summed E-state index contributed by atoms with van der Waals surface area (Å²) in [6.45, 7) is 4.08. The molecule has 5 heteroatoms. The lowest BCUT2D eigenvalue weighted by molar-refractivity contribution is -0.119. The summed E-state index contributed by atoms with van der Waals surface area (Å²) in [4.78, 5) is 10.9. The van der Waals surface area contributed by atoms with Gasteiger partial charge in [-0.25, -0.2) is 0 Å². The zero-order valence-electron chi connectivity index (χ0n) is 10.6. The third-order valence-corrected chi connectivity index (χ3v) is 2.90. The molecule has 0 aliphatic heterocycles. The Morgan fingerprint density at radius 1 is 1.44 bits per heavy atom. The van der Waals surface area contributed by atoms with E-state index >= 15 is 0 Å². The topological polar surface area (TPSA) is 75.4 Å². The molecule has 0 aliphatic carbocycles. The molecule has 1 unspecified atom stereocenters. The average molecular weight is 271 g/mol. The number of halogens is 1. The first-order valence-electron chi connectivity index (χ1n) is 5.77. The minimum Gasteiger partial charge on any atom is -0.387 e. The molecule has 4 nitrogen and oxygen atoms in total. The SMILES string of the molecule is CC(C)(CC(N)=O)NCC(O)c1ccc(Cl)cc1. The van der Waals surface area contributed by atoms with Crippen LogP contribution in [0.15, 0.2) is 24.3 Å². The van der Waals surface area contributed by atoms with Crippen LogP contribution in [0.1, 0.15) is 31.9 Å². The fourth-order valence-electron chi connectivity index (χ4n) is 1.67. The Bertz CT molecular complexity index is 404. The monoisotopic (exact) mass is 270 g/mol. The highest BCUT2D eigenvalue weighted by molar-refractivity contribution is 6.30. The zero-order chi connectivity index (χ0) is 13.8. The molecule has 18 heavy (non-hydrogen) atoms. The Morgan fingerprint density at radius 2 is 2.00 bits per heavy atom. The third kappa shape index (κ3) is 5.04. The van der Waals surface area contributed by atoms with Gasteiger partial charge < -0.3 is 16.2 Å². The molecule has 0 bridgehead atoms. The molecule has 0 radical (unpaired) electrons. The van der Waals surface area contributed by atoms with Gasteiger partial charge >= 0.3 is 0 Å². The molecule has 1 aromatic rings. The number of primary amides is 1. The van der Waals surface area contributed by atoms with Crippen molar-refractivity contribution in [2.75, 3.05) is 6.54 Å². The maximum absolute atomic E-state index is 10.9. The molecule has 0 aromatic heterocycles. The Labute approximate surface area is 112 Å². The Kier molecular flexibility index (Phi) is 5.14. The predicted octanol–water partition coefficient (Wildman–Crippen LogP) is 1.62. The summed E-state index contributed by atoms with van der Waals surface area (Å²) in [6.07, 6.45) is -0.421. The van der Waals surface area contributed by atoms with Gasteiger partial charge in [-0.1, -0.05) is 23.7 Å². The molecular formula is C13H19ClN2O2. The Hall–Kier alpha value is -1.10. The molecule has 0 saturated carbocycles. The number of nitrogens with one attached hydrogen (secondary N) is 1. The van der Waals surface area contributed by atoms with Crippen LogP contribution in [-0.2, 0) is 4.79 Å². The molecule has 100 valence electrons. The molecule has 0 saturated heterocycles. The summed E-state index contributed by atoms with van der Waals surface area (Å²) < 4.78 is 0. The van der Waals surface area contributed by atoms with E-state index in [9.17, 15) is 9.90 Å². The number of hydrogen-bond donors (Lipinski definition) is 3. The predicted molar refractivity (Wildman–Crippen MR) is 72.3 cm³/mol. The van der Waals surface area contributed by atoms with E-state index in [0.29, 0.717) is 11.6 Å². The maximum Gasteiger partial charge on any atom is 0.219 e. The van der Waals surface area contributed by atoms with Gasteiger partial charge in [0.1, 0.15) is 0 Å². The van der Waals surface area contributed by atoms with Gasteiger partial charge in [0.25, 0.3) is 0 Å². The van der Waals surface area contributed by atoms with Gasteiger partial charge in [0.05, 0.1) is 6.10 Å². The number of β-amino-alcohol motifs (C(OH)–C–C–N with tert-alkyl or cyclic N) is 1. The summed E-state index contributed by atoms with van der Waals surface area (Å²) in [6, 6.07) is 7.01. The number of rotatable bonds is 6. The second-order valence-electron chi connectivity index (χ2n) is 4.98. The standard InChI is InChI=1S/C13H19ClN2O2/c1-13(2,7-12(15)18)16-8-11(17)9-3-5-10(14)6-4-9/h3-6,11,16-17H,7-8H2,1-2H3,(H2,15,18). The summed E-state index contributed by atoms with van der Waals surface area (Å²) in [7, 11) is 0. The lowest BCUT2D eigenvalue weighted by Gasteiger charge is -2.26. The van der Waals surface area contributed by atoms with Crippen molar-refractivity contribution < 1.29 is 9.90 Å². The van der Waals surface area contributed by atoms with Crippen LogP contribution in [-0.4, -0.2) is 23.1 Å². The number of carbonyl (C=O) groups is 1. The first-order chi connectivity index (χ1) is 8.30. The Morgan fingerprint density at radius 3 is 2.50 bits per heavy atom. The summed E-state index contributed by atoms with van der Waals surface area (Å²) in [5, 5.41) is 13.7. The van der Waals surface area contributed by atoms with E-state index in [1.807, 2.05) is 13.8 Å². The summed E-state index contributed by atoms with van der Waals surface area (Å²) in [5.74, 6) is -0.367. The maximum atomic E-state index is 10.9. The lowest BCUT2D eigenvalue weighted by Crippen LogP contribution is -2.44. The van der Waals surface area contributed by atoms with Crippen LogP contribution in [0.3, 0.4) is 0 Å². The third-order valence-electron chi connectivity index (χ3n) is 2.64. The van der Waals surface area contributed by atoms with E-state index in [2.05, 4.69) is 5.32 Å². The molecule has 0 fully saturated rings. The number of hydrogen-bond acceptors (Lipinski definition) is 3. The molecule has 4 N–H and O–H groups in total. The van der Waals surface area contributed by atoms with Gasteiger partial charge in [-0.2, -0.15) is 0 Å². The van der Waals surface area contributed by atoms with E-state index in [1.54, 1.807) is 24.3 Å². The molecule has 0 heterocycles. The van der Waals surface area contributed by atoms with Crippen LogP contribution in [0.4, 0.5) is 0 Å². The van der Waals surface area contributed by atoms with Crippen LogP contribution in [0.25, 0.3) is 0 Å². The van der Waals surface area contributed by atoms with Crippen molar-refractivity contribution in [2.24, 2.45) is 5.73 Å². The average Bonchev–Trinajstić information content (AvgIpc) is 2.25. The number of nitrogens with two attached hydrogens (primary N) is 1. The van der Waals surface area contributed by atoms with E-state index < -0.39 is 11.6 Å². The van der Waals surface area contributed by atoms with E-state index in [0.717, 1.165) is 5.56 Å². The van der Waals surface area contributed by atoms with Gasteiger partial charge in [-0.05, 0) is 31.5 Å². The first kappa shape index (κ1) is 15.0. The van der Waals surface area contributed by atoms with Crippen molar-refractivity contribution in [3.63, 3.8) is 0 Å². The quantitative estimate of drug-likeness (QED) is 0.735. The molecule has 1 aromatic carbocycles. The van der Waals surface area contributed by atoms with Crippen molar-refractivity contribution in [1.29, 1.82) is 0 Å². The van der Waals surface area contributed by atoms with Gasteiger partial charge in [0.2, 0.25) is 5.91 Å². The number of aliphatic hydroxyl groups excluding tert-OH is 1. The van der Waals surface area contributed by atoms with Crippen molar-refractivity contribution >= 4 is 17.5 Å². The summed E-state index contributed by atoms with van der Waals surface area (Å²) >= 11 is 5.77. The fraction of sp³-hybridized carbons (Fsp3) is 0.462. The van der Waals surface area contributed by atoms with Crippen LogP contribution < -0.4 is 11.1 Å². The number of aliphatic hydroxyl groups is 1. The van der Waals surface area contributed by atoms with Crippen LogP contribution in [0.5, 0.6) is 0 Å². The van der Waals surface area contributed by atoms with E-state index in [1.165, 1.54) is 0 Å². The minimum absolute atomic E-state index is 0.223. The Balaban J connectivity index is 2.52. The second-order valence-corrected chi connectivity index (χ2v) is 5.41. The number of amides is 1. The van der Waals surface area contributed by atoms with Gasteiger partial charge in [-0.3, -0.25) is 4.79 Å². The highest BCUT2D eigenvalue weighted by atomic mass is 35.5. The van der Waals surface area contributed by atoms with Gasteiger partial charge in [0, 0.05) is 23.5 Å². The molecule has 0 aliphatic rings. The molecule has 0 spiro atoms. The fourth-order valence-corrected chi connectivity index (χ4v) is 1.80. The largest absolute Gasteiger partial charge is 0.387 e. The zero-order valence-corrected chi connectivity index (χ0v) is 11.4. The van der Waals surface area contributed by atoms with Gasteiger partial charge in [-0.15, -0.1) is 0 Å². The minimum atomic E-state index is -0.644. The molecule has 1 atom stereocenters. The second kappa shape index (κ2) is 6.18. The first-order valence-corrected chi connectivity index (χ1v) is 6.15. The van der Waals surface area contributed by atoms with Crippen LogP contribution >= 0.6 is 11.6 Å². The highest BCUT2D eigenvalue weighted by Gasteiger charge is 2.21. The van der Waals surface area contributed by atoms with E-state index in [4.69, 9.17) is 17.3 Å². The normalized spacial score (nSPS) is 13.3. The number of benzene rings is 1. The van der Waals surface area contributed by atoms with Crippen LogP contribution in [0, 0.1) is 0 Å². The van der Waals surface area contributed by atoms with Gasteiger partial charge in [0.15, 0.2) is 0 Å². The van der Waals surface area contributed by atoms with Crippen molar-refractivity contribution in [2.45, 2.75) is 31.9 Å².